The Bertz CT molecular complexity index is 789. The fourth-order valence-corrected chi connectivity index (χ4v) is 4.23. The molecule has 2 aliphatic rings. The van der Waals surface area contributed by atoms with Crippen LogP contribution in [0.2, 0.25) is 0 Å². The molecule has 2 heterocycles. The van der Waals surface area contributed by atoms with E-state index < -0.39 is 17.5 Å². The van der Waals surface area contributed by atoms with Gasteiger partial charge >= 0.3 is 5.97 Å². The standard InChI is InChI=1S/C22H26N2O3/c25-20-9-11-24(15-22(20,21(26)27)12-16-3-4-16)14-17-5-7-18(8-6-17)19-2-1-10-23-13-19/h1-2,5-8,10,13,16,20,25H,3-4,9,11-12,14-15H2,(H,26,27)/t20-,22+/m1/s1. The summed E-state index contributed by atoms with van der Waals surface area (Å²) in [5.74, 6) is -0.381. The number of nitrogens with zero attached hydrogens (tertiary/aromatic N) is 2. The largest absolute Gasteiger partial charge is 0.481 e. The van der Waals surface area contributed by atoms with Crippen LogP contribution < -0.4 is 0 Å². The van der Waals surface area contributed by atoms with E-state index in [0.29, 0.717) is 31.8 Å². The Morgan fingerprint density at radius 2 is 1.93 bits per heavy atom. The van der Waals surface area contributed by atoms with Crippen molar-refractivity contribution in [3.63, 3.8) is 0 Å². The predicted molar refractivity (Wildman–Crippen MR) is 103 cm³/mol. The van der Waals surface area contributed by atoms with Crippen LogP contribution in [-0.2, 0) is 11.3 Å². The van der Waals surface area contributed by atoms with Crippen molar-refractivity contribution in [3.05, 3.63) is 54.4 Å². The molecule has 2 atom stereocenters. The van der Waals surface area contributed by atoms with Crippen LogP contribution in [-0.4, -0.2) is 45.3 Å². The molecule has 2 aromatic rings. The Balaban J connectivity index is 1.46. The average Bonchev–Trinajstić information content (AvgIpc) is 3.49. The van der Waals surface area contributed by atoms with Gasteiger partial charge in [0.05, 0.1) is 6.10 Å². The third kappa shape index (κ3) is 3.89. The van der Waals surface area contributed by atoms with E-state index in [1.54, 1.807) is 6.20 Å². The summed E-state index contributed by atoms with van der Waals surface area (Å²) >= 11 is 0. The maximum absolute atomic E-state index is 12.1. The topological polar surface area (TPSA) is 73.7 Å². The zero-order chi connectivity index (χ0) is 18.9. The van der Waals surface area contributed by atoms with Crippen LogP contribution in [0.4, 0.5) is 0 Å². The molecule has 27 heavy (non-hydrogen) atoms. The van der Waals surface area contributed by atoms with Crippen LogP contribution in [0.5, 0.6) is 0 Å². The van der Waals surface area contributed by atoms with Gasteiger partial charge in [0.15, 0.2) is 0 Å². The van der Waals surface area contributed by atoms with Gasteiger partial charge in [-0.15, -0.1) is 0 Å². The van der Waals surface area contributed by atoms with Gasteiger partial charge in [0.2, 0.25) is 0 Å². The second-order valence-corrected chi connectivity index (χ2v) is 8.06. The predicted octanol–water partition coefficient (Wildman–Crippen LogP) is 3.19. The van der Waals surface area contributed by atoms with Gasteiger partial charge in [-0.1, -0.05) is 43.2 Å². The Labute approximate surface area is 159 Å². The third-order valence-electron chi connectivity index (χ3n) is 5.99. The van der Waals surface area contributed by atoms with E-state index in [1.165, 1.54) is 0 Å². The molecular weight excluding hydrogens is 340 g/mol. The number of hydrogen-bond donors (Lipinski definition) is 2. The molecule has 2 N–H and O–H groups in total. The van der Waals surface area contributed by atoms with E-state index in [2.05, 4.69) is 34.1 Å². The smallest absolute Gasteiger partial charge is 0.313 e. The summed E-state index contributed by atoms with van der Waals surface area (Å²) in [6.45, 7) is 1.86. The second kappa shape index (κ2) is 7.41. The van der Waals surface area contributed by atoms with E-state index >= 15 is 0 Å². The lowest BCUT2D eigenvalue weighted by atomic mass is 9.73. The van der Waals surface area contributed by atoms with E-state index in [0.717, 1.165) is 36.1 Å². The molecular formula is C22H26N2O3. The molecule has 0 spiro atoms. The number of benzene rings is 1. The number of hydrogen-bond acceptors (Lipinski definition) is 4. The molecule has 4 rings (SSSR count). The lowest BCUT2D eigenvalue weighted by molar-refractivity contribution is -0.165. The summed E-state index contributed by atoms with van der Waals surface area (Å²) in [5.41, 5.74) is 2.34. The number of rotatable bonds is 6. The zero-order valence-electron chi connectivity index (χ0n) is 15.4. The number of aromatic nitrogens is 1. The van der Waals surface area contributed by atoms with Crippen LogP contribution in [0.15, 0.2) is 48.8 Å². The van der Waals surface area contributed by atoms with Crippen LogP contribution >= 0.6 is 0 Å². The summed E-state index contributed by atoms with van der Waals surface area (Å²) in [5, 5.41) is 20.4. The van der Waals surface area contributed by atoms with Gasteiger partial charge in [-0.05, 0) is 41.5 Å². The van der Waals surface area contributed by atoms with Crippen molar-refractivity contribution in [1.82, 2.24) is 9.88 Å². The first-order valence-electron chi connectivity index (χ1n) is 9.70. The maximum atomic E-state index is 12.1. The molecule has 1 aromatic heterocycles. The number of carboxylic acid groups (broad SMARTS) is 1. The van der Waals surface area contributed by atoms with E-state index in [1.807, 2.05) is 18.3 Å². The summed E-state index contributed by atoms with van der Waals surface area (Å²) in [6.07, 6.45) is 6.17. The number of aliphatic hydroxyl groups is 1. The molecule has 0 radical (unpaired) electrons. The van der Waals surface area contributed by atoms with Crippen LogP contribution in [0.1, 0.15) is 31.2 Å². The van der Waals surface area contributed by atoms with Gasteiger partial charge in [-0.3, -0.25) is 14.7 Å². The summed E-state index contributed by atoms with van der Waals surface area (Å²) < 4.78 is 0. The van der Waals surface area contributed by atoms with Crippen LogP contribution in [0.3, 0.4) is 0 Å². The fraction of sp³-hybridized carbons (Fsp3) is 0.455. The zero-order valence-corrected chi connectivity index (χ0v) is 15.4. The van der Waals surface area contributed by atoms with E-state index in [4.69, 9.17) is 0 Å². The maximum Gasteiger partial charge on any atom is 0.313 e. The lowest BCUT2D eigenvalue weighted by Gasteiger charge is -2.43. The van der Waals surface area contributed by atoms with Gasteiger partial charge in [-0.25, -0.2) is 0 Å². The number of likely N-dealkylation sites (tertiary alicyclic amines) is 1. The van der Waals surface area contributed by atoms with Crippen molar-refractivity contribution in [2.75, 3.05) is 13.1 Å². The highest BCUT2D eigenvalue weighted by Gasteiger charge is 2.51. The minimum Gasteiger partial charge on any atom is -0.481 e. The number of aliphatic carboxylic acids is 1. The van der Waals surface area contributed by atoms with Crippen molar-refractivity contribution in [1.29, 1.82) is 0 Å². The first-order chi connectivity index (χ1) is 13.1. The lowest BCUT2D eigenvalue weighted by Crippen LogP contribution is -2.55. The van der Waals surface area contributed by atoms with Crippen molar-refractivity contribution in [2.24, 2.45) is 11.3 Å². The van der Waals surface area contributed by atoms with Crippen LogP contribution in [0, 0.1) is 11.3 Å². The molecule has 1 saturated carbocycles. The molecule has 1 aliphatic carbocycles. The number of piperidine rings is 1. The molecule has 2 fully saturated rings. The summed E-state index contributed by atoms with van der Waals surface area (Å²) in [4.78, 5) is 18.4. The monoisotopic (exact) mass is 366 g/mol. The number of carbonyl (C=O) groups is 1. The Morgan fingerprint density at radius 3 is 2.56 bits per heavy atom. The van der Waals surface area contributed by atoms with Gasteiger partial charge < -0.3 is 10.2 Å². The highest BCUT2D eigenvalue weighted by molar-refractivity contribution is 5.76. The van der Waals surface area contributed by atoms with Gasteiger partial charge in [0, 0.05) is 32.0 Å². The number of aliphatic hydroxyl groups excluding tert-OH is 1. The average molecular weight is 366 g/mol. The first kappa shape index (κ1) is 18.1. The molecule has 5 nitrogen and oxygen atoms in total. The number of pyridine rings is 1. The van der Waals surface area contributed by atoms with Gasteiger partial charge in [-0.2, -0.15) is 0 Å². The minimum atomic E-state index is -1.02. The molecule has 142 valence electrons. The number of carboxylic acids is 1. The summed E-state index contributed by atoms with van der Waals surface area (Å²) in [6, 6.07) is 12.3. The molecule has 1 saturated heterocycles. The third-order valence-corrected chi connectivity index (χ3v) is 5.99. The molecule has 0 unspecified atom stereocenters. The van der Waals surface area contributed by atoms with E-state index in [9.17, 15) is 15.0 Å². The normalized spacial score (nSPS) is 26.0. The SMILES string of the molecule is O=C(O)[C@@]1(CC2CC2)CN(Cc2ccc(-c3cccnc3)cc2)CC[C@H]1O. The van der Waals surface area contributed by atoms with Crippen molar-refractivity contribution >= 4 is 5.97 Å². The van der Waals surface area contributed by atoms with Crippen LogP contribution in [0.25, 0.3) is 11.1 Å². The van der Waals surface area contributed by atoms with Gasteiger partial charge in [0.1, 0.15) is 5.41 Å². The molecule has 0 bridgehead atoms. The Hall–Kier alpha value is -2.24. The molecule has 1 aliphatic heterocycles. The highest BCUT2D eigenvalue weighted by Crippen LogP contribution is 2.45. The second-order valence-electron chi connectivity index (χ2n) is 8.06. The Kier molecular flexibility index (Phi) is 4.98. The molecule has 1 aromatic carbocycles. The van der Waals surface area contributed by atoms with E-state index in [-0.39, 0.29) is 0 Å². The van der Waals surface area contributed by atoms with Gasteiger partial charge in [0.25, 0.3) is 0 Å². The van der Waals surface area contributed by atoms with Crippen molar-refractivity contribution < 1.29 is 15.0 Å². The van der Waals surface area contributed by atoms with Crippen molar-refractivity contribution in [3.8, 4) is 11.1 Å². The minimum absolute atomic E-state index is 0.421. The molecule has 0 amide bonds. The Morgan fingerprint density at radius 1 is 1.15 bits per heavy atom. The highest BCUT2D eigenvalue weighted by atomic mass is 16.4. The molecule has 5 heteroatoms. The van der Waals surface area contributed by atoms with Crippen molar-refractivity contribution in [2.45, 2.75) is 38.3 Å². The quantitative estimate of drug-likeness (QED) is 0.821. The summed E-state index contributed by atoms with van der Waals surface area (Å²) in [7, 11) is 0. The fourth-order valence-electron chi connectivity index (χ4n) is 4.23. The first-order valence-corrected chi connectivity index (χ1v) is 9.70.